The van der Waals surface area contributed by atoms with Gasteiger partial charge in [0.1, 0.15) is 0 Å². The zero-order valence-electron chi connectivity index (χ0n) is 11.0. The Hall–Kier alpha value is -1.74. The molecule has 0 saturated heterocycles. The lowest BCUT2D eigenvalue weighted by atomic mass is 10.1. The lowest BCUT2D eigenvalue weighted by Crippen LogP contribution is -1.99. The summed E-state index contributed by atoms with van der Waals surface area (Å²) in [6.07, 6.45) is 2.10. The van der Waals surface area contributed by atoms with Gasteiger partial charge >= 0.3 is 0 Å². The zero-order valence-corrected chi connectivity index (χ0v) is 11.0. The van der Waals surface area contributed by atoms with E-state index in [9.17, 15) is 0 Å². The second-order valence-corrected chi connectivity index (χ2v) is 4.48. The largest absolute Gasteiger partial charge is 0.326 e. The van der Waals surface area contributed by atoms with E-state index < -0.39 is 0 Å². The van der Waals surface area contributed by atoms with Crippen LogP contribution in [0.5, 0.6) is 0 Å². The standard InChI is InChI=1S/C15H19N3/c1-3-4-14-9-11(2)17-15(18-14)13-7-5-12(10-16)6-8-13/h5-9H,3-4,10,16H2,1-2H3. The predicted octanol–water partition coefficient (Wildman–Crippen LogP) is 2.86. The van der Waals surface area contributed by atoms with Crippen LogP contribution in [0.15, 0.2) is 30.3 Å². The Labute approximate surface area is 108 Å². The van der Waals surface area contributed by atoms with Crippen molar-refractivity contribution < 1.29 is 0 Å². The maximum absolute atomic E-state index is 5.60. The molecule has 1 aromatic heterocycles. The third-order valence-electron chi connectivity index (χ3n) is 2.86. The third-order valence-corrected chi connectivity index (χ3v) is 2.86. The molecule has 0 saturated carbocycles. The van der Waals surface area contributed by atoms with Crippen molar-refractivity contribution >= 4 is 0 Å². The van der Waals surface area contributed by atoms with E-state index in [1.165, 1.54) is 0 Å². The first-order chi connectivity index (χ1) is 8.72. The van der Waals surface area contributed by atoms with E-state index in [1.807, 2.05) is 31.2 Å². The number of nitrogens with two attached hydrogens (primary N) is 1. The summed E-state index contributed by atoms with van der Waals surface area (Å²) in [5, 5.41) is 0. The molecule has 0 aliphatic rings. The van der Waals surface area contributed by atoms with Gasteiger partial charge in [0.25, 0.3) is 0 Å². The number of aromatic nitrogens is 2. The van der Waals surface area contributed by atoms with Gasteiger partial charge < -0.3 is 5.73 Å². The normalized spacial score (nSPS) is 10.6. The van der Waals surface area contributed by atoms with Gasteiger partial charge in [-0.2, -0.15) is 0 Å². The minimum absolute atomic E-state index is 0.566. The van der Waals surface area contributed by atoms with Gasteiger partial charge in [-0.3, -0.25) is 0 Å². The smallest absolute Gasteiger partial charge is 0.159 e. The molecule has 0 spiro atoms. The quantitative estimate of drug-likeness (QED) is 0.895. The van der Waals surface area contributed by atoms with Crippen molar-refractivity contribution in [2.75, 3.05) is 0 Å². The summed E-state index contributed by atoms with van der Waals surface area (Å²) in [4.78, 5) is 9.11. The van der Waals surface area contributed by atoms with Gasteiger partial charge in [0, 0.05) is 23.5 Å². The number of aryl methyl sites for hydroxylation is 2. The van der Waals surface area contributed by atoms with E-state index in [4.69, 9.17) is 5.73 Å². The van der Waals surface area contributed by atoms with Crippen molar-refractivity contribution in [2.24, 2.45) is 5.73 Å². The summed E-state index contributed by atoms with van der Waals surface area (Å²) in [7, 11) is 0. The first-order valence-electron chi connectivity index (χ1n) is 6.37. The summed E-state index contributed by atoms with van der Waals surface area (Å²) < 4.78 is 0. The molecule has 1 aromatic carbocycles. The number of hydrogen-bond donors (Lipinski definition) is 1. The van der Waals surface area contributed by atoms with Crippen LogP contribution in [0.1, 0.15) is 30.3 Å². The average molecular weight is 241 g/mol. The minimum Gasteiger partial charge on any atom is -0.326 e. The minimum atomic E-state index is 0.566. The first-order valence-corrected chi connectivity index (χ1v) is 6.37. The first kappa shape index (κ1) is 12.7. The molecular weight excluding hydrogens is 222 g/mol. The monoisotopic (exact) mass is 241 g/mol. The number of hydrogen-bond acceptors (Lipinski definition) is 3. The fraction of sp³-hybridized carbons (Fsp3) is 0.333. The van der Waals surface area contributed by atoms with Crippen molar-refractivity contribution in [3.05, 3.63) is 47.3 Å². The van der Waals surface area contributed by atoms with Crippen LogP contribution in [-0.2, 0) is 13.0 Å². The molecule has 0 aliphatic carbocycles. The maximum atomic E-state index is 5.60. The highest BCUT2D eigenvalue weighted by Crippen LogP contribution is 2.17. The average Bonchev–Trinajstić information content (AvgIpc) is 2.38. The van der Waals surface area contributed by atoms with Crippen LogP contribution in [0, 0.1) is 6.92 Å². The van der Waals surface area contributed by atoms with Gasteiger partial charge in [0.2, 0.25) is 0 Å². The van der Waals surface area contributed by atoms with E-state index in [1.54, 1.807) is 0 Å². The summed E-state index contributed by atoms with van der Waals surface area (Å²) in [6, 6.07) is 10.2. The fourth-order valence-corrected chi connectivity index (χ4v) is 1.94. The van der Waals surface area contributed by atoms with Gasteiger partial charge in [-0.05, 0) is 25.0 Å². The Morgan fingerprint density at radius 2 is 1.83 bits per heavy atom. The summed E-state index contributed by atoms with van der Waals surface area (Å²) in [6.45, 7) is 4.74. The molecule has 0 atom stereocenters. The molecule has 2 N–H and O–H groups in total. The van der Waals surface area contributed by atoms with Crippen LogP contribution in [0.4, 0.5) is 0 Å². The fourth-order valence-electron chi connectivity index (χ4n) is 1.94. The van der Waals surface area contributed by atoms with Crippen LogP contribution in [-0.4, -0.2) is 9.97 Å². The molecule has 0 amide bonds. The molecule has 3 heteroatoms. The molecular formula is C15H19N3. The Balaban J connectivity index is 2.36. The van der Waals surface area contributed by atoms with Gasteiger partial charge in [0.05, 0.1) is 0 Å². The van der Waals surface area contributed by atoms with Crippen molar-refractivity contribution in [1.82, 2.24) is 9.97 Å². The Kier molecular flexibility index (Phi) is 4.05. The van der Waals surface area contributed by atoms with E-state index >= 15 is 0 Å². The SMILES string of the molecule is CCCc1cc(C)nc(-c2ccc(CN)cc2)n1. The van der Waals surface area contributed by atoms with Gasteiger partial charge in [-0.25, -0.2) is 9.97 Å². The Bertz CT molecular complexity index is 518. The van der Waals surface area contributed by atoms with E-state index in [0.717, 1.165) is 41.2 Å². The van der Waals surface area contributed by atoms with Gasteiger partial charge in [-0.1, -0.05) is 37.6 Å². The number of rotatable bonds is 4. The van der Waals surface area contributed by atoms with Crippen molar-refractivity contribution in [3.63, 3.8) is 0 Å². The molecule has 94 valence electrons. The molecule has 0 aliphatic heterocycles. The highest BCUT2D eigenvalue weighted by Gasteiger charge is 2.04. The third kappa shape index (κ3) is 2.93. The second-order valence-electron chi connectivity index (χ2n) is 4.48. The highest BCUT2D eigenvalue weighted by molar-refractivity contribution is 5.55. The molecule has 3 nitrogen and oxygen atoms in total. The van der Waals surface area contributed by atoms with Crippen LogP contribution < -0.4 is 5.73 Å². The highest BCUT2D eigenvalue weighted by atomic mass is 14.9. The molecule has 2 rings (SSSR count). The molecule has 0 radical (unpaired) electrons. The summed E-state index contributed by atoms with van der Waals surface area (Å²) in [5.74, 6) is 0.807. The van der Waals surface area contributed by atoms with Crippen LogP contribution in [0.25, 0.3) is 11.4 Å². The van der Waals surface area contributed by atoms with Gasteiger partial charge in [-0.15, -0.1) is 0 Å². The second kappa shape index (κ2) is 5.74. The lowest BCUT2D eigenvalue weighted by molar-refractivity contribution is 0.869. The van der Waals surface area contributed by atoms with Crippen LogP contribution >= 0.6 is 0 Å². The molecule has 0 fully saturated rings. The molecule has 2 aromatic rings. The van der Waals surface area contributed by atoms with E-state index in [2.05, 4.69) is 23.0 Å². The zero-order chi connectivity index (χ0) is 13.0. The van der Waals surface area contributed by atoms with Crippen molar-refractivity contribution in [1.29, 1.82) is 0 Å². The van der Waals surface area contributed by atoms with Crippen molar-refractivity contribution in [3.8, 4) is 11.4 Å². The van der Waals surface area contributed by atoms with Gasteiger partial charge in [0.15, 0.2) is 5.82 Å². The summed E-state index contributed by atoms with van der Waals surface area (Å²) in [5.41, 5.74) is 9.90. The molecule has 0 bridgehead atoms. The number of benzene rings is 1. The topological polar surface area (TPSA) is 51.8 Å². The lowest BCUT2D eigenvalue weighted by Gasteiger charge is -2.06. The summed E-state index contributed by atoms with van der Waals surface area (Å²) >= 11 is 0. The van der Waals surface area contributed by atoms with Crippen molar-refractivity contribution in [2.45, 2.75) is 33.2 Å². The van der Waals surface area contributed by atoms with E-state index in [-0.39, 0.29) is 0 Å². The van der Waals surface area contributed by atoms with Crippen LogP contribution in [0.3, 0.4) is 0 Å². The van der Waals surface area contributed by atoms with E-state index in [0.29, 0.717) is 6.54 Å². The molecule has 0 unspecified atom stereocenters. The Morgan fingerprint density at radius 3 is 2.44 bits per heavy atom. The Morgan fingerprint density at radius 1 is 1.11 bits per heavy atom. The molecule has 1 heterocycles. The van der Waals surface area contributed by atoms with Crippen LogP contribution in [0.2, 0.25) is 0 Å². The number of nitrogens with zero attached hydrogens (tertiary/aromatic N) is 2. The predicted molar refractivity (Wildman–Crippen MR) is 74.1 cm³/mol. The molecule has 18 heavy (non-hydrogen) atoms. The maximum Gasteiger partial charge on any atom is 0.159 e.